The molecule has 0 aliphatic heterocycles. The van der Waals surface area contributed by atoms with E-state index in [1.165, 1.54) is 19.6 Å². The highest BCUT2D eigenvalue weighted by Crippen LogP contribution is 2.29. The van der Waals surface area contributed by atoms with Gasteiger partial charge in [-0.1, -0.05) is 24.3 Å². The van der Waals surface area contributed by atoms with Gasteiger partial charge < -0.3 is 5.32 Å². The SMILES string of the molecule is CNC(Cc1ccc(Br)s1)c1cccc2cccnc12. The van der Waals surface area contributed by atoms with Crippen molar-refractivity contribution in [1.82, 2.24) is 10.3 Å². The highest BCUT2D eigenvalue weighted by Gasteiger charge is 2.14. The first-order valence-corrected chi connectivity index (χ1v) is 8.14. The number of thiophene rings is 1. The van der Waals surface area contributed by atoms with E-state index in [2.05, 4.69) is 62.6 Å². The van der Waals surface area contributed by atoms with Crippen molar-refractivity contribution in [3.05, 3.63) is 62.9 Å². The predicted octanol–water partition coefficient (Wildman–Crippen LogP) is 4.56. The Morgan fingerprint density at radius 2 is 2.05 bits per heavy atom. The fraction of sp³-hybridized carbons (Fsp3) is 0.188. The van der Waals surface area contributed by atoms with Gasteiger partial charge in [-0.15, -0.1) is 11.3 Å². The molecule has 3 rings (SSSR count). The van der Waals surface area contributed by atoms with Gasteiger partial charge in [-0.25, -0.2) is 0 Å². The second-order valence-corrected chi connectivity index (χ2v) is 7.22. The molecule has 1 unspecified atom stereocenters. The van der Waals surface area contributed by atoms with E-state index in [0.29, 0.717) is 0 Å². The monoisotopic (exact) mass is 346 g/mol. The first-order valence-electron chi connectivity index (χ1n) is 6.53. The topological polar surface area (TPSA) is 24.9 Å². The summed E-state index contributed by atoms with van der Waals surface area (Å²) in [6, 6.07) is 15.0. The molecule has 0 radical (unpaired) electrons. The summed E-state index contributed by atoms with van der Waals surface area (Å²) in [5, 5.41) is 4.61. The number of rotatable bonds is 4. The van der Waals surface area contributed by atoms with E-state index in [0.717, 1.165) is 11.9 Å². The number of pyridine rings is 1. The smallest absolute Gasteiger partial charge is 0.0749 e. The molecule has 20 heavy (non-hydrogen) atoms. The zero-order chi connectivity index (χ0) is 13.9. The van der Waals surface area contributed by atoms with E-state index in [1.807, 2.05) is 19.3 Å². The molecule has 2 aromatic heterocycles. The Morgan fingerprint density at radius 1 is 1.20 bits per heavy atom. The van der Waals surface area contributed by atoms with Crippen LogP contribution in [0.5, 0.6) is 0 Å². The Labute approximate surface area is 131 Å². The Morgan fingerprint density at radius 3 is 2.80 bits per heavy atom. The third-order valence-electron chi connectivity index (χ3n) is 3.42. The molecule has 0 aliphatic carbocycles. The average molecular weight is 347 g/mol. The van der Waals surface area contributed by atoms with E-state index in [9.17, 15) is 0 Å². The maximum Gasteiger partial charge on any atom is 0.0749 e. The summed E-state index contributed by atoms with van der Waals surface area (Å²) in [5.41, 5.74) is 2.35. The molecular weight excluding hydrogens is 332 g/mol. The first-order chi connectivity index (χ1) is 9.78. The second kappa shape index (κ2) is 6.04. The van der Waals surface area contributed by atoms with Gasteiger partial charge in [0.05, 0.1) is 9.30 Å². The summed E-state index contributed by atoms with van der Waals surface area (Å²) in [7, 11) is 2.01. The molecule has 0 aliphatic rings. The second-order valence-electron chi connectivity index (χ2n) is 4.67. The molecule has 2 nitrogen and oxygen atoms in total. The van der Waals surface area contributed by atoms with E-state index >= 15 is 0 Å². The van der Waals surface area contributed by atoms with Crippen LogP contribution in [-0.4, -0.2) is 12.0 Å². The summed E-state index contributed by atoms with van der Waals surface area (Å²) in [6.45, 7) is 0. The Balaban J connectivity index is 1.98. The van der Waals surface area contributed by atoms with Crippen molar-refractivity contribution in [3.8, 4) is 0 Å². The molecule has 1 atom stereocenters. The van der Waals surface area contributed by atoms with Crippen molar-refractivity contribution in [1.29, 1.82) is 0 Å². The average Bonchev–Trinajstić information content (AvgIpc) is 2.89. The van der Waals surface area contributed by atoms with Crippen LogP contribution in [0, 0.1) is 0 Å². The van der Waals surface area contributed by atoms with Crippen LogP contribution in [0.2, 0.25) is 0 Å². The lowest BCUT2D eigenvalue weighted by Gasteiger charge is -2.17. The molecule has 102 valence electrons. The van der Waals surface area contributed by atoms with Gasteiger partial charge >= 0.3 is 0 Å². The minimum atomic E-state index is 0.277. The number of likely N-dealkylation sites (N-methyl/N-ethyl adjacent to an activating group) is 1. The molecule has 0 bridgehead atoms. The quantitative estimate of drug-likeness (QED) is 0.748. The van der Waals surface area contributed by atoms with Gasteiger partial charge in [0.25, 0.3) is 0 Å². The number of nitrogens with zero attached hydrogens (tertiary/aromatic N) is 1. The lowest BCUT2D eigenvalue weighted by Crippen LogP contribution is -2.19. The minimum Gasteiger partial charge on any atom is -0.313 e. The lowest BCUT2D eigenvalue weighted by molar-refractivity contribution is 0.600. The van der Waals surface area contributed by atoms with Gasteiger partial charge in [0.2, 0.25) is 0 Å². The summed E-state index contributed by atoms with van der Waals surface area (Å²) < 4.78 is 1.18. The van der Waals surface area contributed by atoms with Crippen LogP contribution in [0.25, 0.3) is 10.9 Å². The number of aromatic nitrogens is 1. The van der Waals surface area contributed by atoms with Crippen molar-refractivity contribution in [2.24, 2.45) is 0 Å². The van der Waals surface area contributed by atoms with E-state index < -0.39 is 0 Å². The Hall–Kier alpha value is -1.23. The number of fused-ring (bicyclic) bond motifs is 1. The van der Waals surface area contributed by atoms with Crippen LogP contribution in [-0.2, 0) is 6.42 Å². The van der Waals surface area contributed by atoms with Gasteiger partial charge in [-0.2, -0.15) is 0 Å². The predicted molar refractivity (Wildman–Crippen MR) is 89.3 cm³/mol. The first kappa shape index (κ1) is 13.7. The maximum atomic E-state index is 4.55. The summed E-state index contributed by atoms with van der Waals surface area (Å²) in [4.78, 5) is 5.92. The van der Waals surface area contributed by atoms with E-state index in [-0.39, 0.29) is 6.04 Å². The maximum absolute atomic E-state index is 4.55. The van der Waals surface area contributed by atoms with Gasteiger partial charge in [0.1, 0.15) is 0 Å². The molecule has 4 heteroatoms. The van der Waals surface area contributed by atoms with Crippen LogP contribution >= 0.6 is 27.3 Å². The normalized spacial score (nSPS) is 12.7. The highest BCUT2D eigenvalue weighted by atomic mass is 79.9. The molecule has 0 amide bonds. The number of para-hydroxylation sites is 1. The van der Waals surface area contributed by atoms with E-state index in [1.54, 1.807) is 11.3 Å². The summed E-state index contributed by atoms with van der Waals surface area (Å²) in [5.74, 6) is 0. The summed E-state index contributed by atoms with van der Waals surface area (Å²) >= 11 is 5.31. The number of hydrogen-bond acceptors (Lipinski definition) is 3. The number of benzene rings is 1. The van der Waals surface area contributed by atoms with Crippen LogP contribution in [0.1, 0.15) is 16.5 Å². The minimum absolute atomic E-state index is 0.277. The van der Waals surface area contributed by atoms with Crippen molar-refractivity contribution >= 4 is 38.2 Å². The van der Waals surface area contributed by atoms with Crippen LogP contribution in [0.15, 0.2) is 52.4 Å². The van der Waals surface area contributed by atoms with Crippen molar-refractivity contribution in [2.45, 2.75) is 12.5 Å². The third kappa shape index (κ3) is 2.77. The number of halogens is 1. The van der Waals surface area contributed by atoms with Crippen molar-refractivity contribution in [2.75, 3.05) is 7.05 Å². The standard InChI is InChI=1S/C16H15BrN2S/c1-18-14(10-12-7-8-15(17)20-12)13-6-2-4-11-5-3-9-19-16(11)13/h2-9,14,18H,10H2,1H3. The molecule has 1 aromatic carbocycles. The van der Waals surface area contributed by atoms with Crippen LogP contribution < -0.4 is 5.32 Å². The third-order valence-corrected chi connectivity index (χ3v) is 5.07. The highest BCUT2D eigenvalue weighted by molar-refractivity contribution is 9.11. The molecule has 0 saturated heterocycles. The van der Waals surface area contributed by atoms with Gasteiger partial charge in [0, 0.05) is 28.9 Å². The van der Waals surface area contributed by atoms with Gasteiger partial charge in [-0.3, -0.25) is 4.98 Å². The molecule has 2 heterocycles. The molecule has 0 spiro atoms. The molecule has 1 N–H and O–H groups in total. The molecule has 0 fully saturated rings. The van der Waals surface area contributed by atoms with Crippen molar-refractivity contribution in [3.63, 3.8) is 0 Å². The summed E-state index contributed by atoms with van der Waals surface area (Å²) in [6.07, 6.45) is 2.84. The zero-order valence-electron chi connectivity index (χ0n) is 11.1. The molecule has 0 saturated carbocycles. The fourth-order valence-electron chi connectivity index (χ4n) is 2.44. The van der Waals surface area contributed by atoms with Crippen molar-refractivity contribution < 1.29 is 0 Å². The fourth-order valence-corrected chi connectivity index (χ4v) is 3.97. The van der Waals surface area contributed by atoms with E-state index in [4.69, 9.17) is 0 Å². The van der Waals surface area contributed by atoms with Gasteiger partial charge in [0.15, 0.2) is 0 Å². The van der Waals surface area contributed by atoms with Gasteiger partial charge in [-0.05, 0) is 46.7 Å². The number of nitrogens with one attached hydrogen (secondary N) is 1. The lowest BCUT2D eigenvalue weighted by atomic mass is 10.00. The molecule has 3 aromatic rings. The van der Waals surface area contributed by atoms with Crippen LogP contribution in [0.3, 0.4) is 0 Å². The molecular formula is C16H15BrN2S. The Bertz CT molecular complexity index is 718. The largest absolute Gasteiger partial charge is 0.313 e. The Kier molecular flexibility index (Phi) is 4.15. The number of hydrogen-bond donors (Lipinski definition) is 1. The zero-order valence-corrected chi connectivity index (χ0v) is 13.5. The van der Waals surface area contributed by atoms with Crippen LogP contribution in [0.4, 0.5) is 0 Å².